The van der Waals surface area contributed by atoms with Gasteiger partial charge in [-0.05, 0) is 32.1 Å². The largest absolute Gasteiger partial charge is 0.371 e. The van der Waals surface area contributed by atoms with Crippen molar-refractivity contribution in [3.8, 4) is 0 Å². The van der Waals surface area contributed by atoms with Crippen molar-refractivity contribution < 1.29 is 0 Å². The molecular weight excluding hydrogens is 204 g/mol. The molecule has 5 nitrogen and oxygen atoms in total. The second kappa shape index (κ2) is 7.00. The first-order valence-electron chi connectivity index (χ1n) is 5.77. The van der Waals surface area contributed by atoms with Gasteiger partial charge in [0, 0.05) is 12.7 Å². The van der Waals surface area contributed by atoms with Gasteiger partial charge in [-0.25, -0.2) is 9.78 Å². The van der Waals surface area contributed by atoms with E-state index in [1.807, 2.05) is 0 Å². The Bertz CT molecular complexity index is 346. The van der Waals surface area contributed by atoms with Crippen molar-refractivity contribution in [2.45, 2.75) is 20.3 Å². The molecule has 0 saturated carbocycles. The lowest BCUT2D eigenvalue weighted by Crippen LogP contribution is -2.25. The van der Waals surface area contributed by atoms with E-state index in [0.717, 1.165) is 38.4 Å². The summed E-state index contributed by atoms with van der Waals surface area (Å²) in [7, 11) is 0. The molecule has 1 aromatic rings. The molecule has 1 aromatic heterocycles. The highest BCUT2D eigenvalue weighted by Gasteiger charge is 1.98. The average Bonchev–Trinajstić information content (AvgIpc) is 2.29. The average molecular weight is 224 g/mol. The highest BCUT2D eigenvalue weighted by Crippen LogP contribution is 1.97. The number of anilines is 1. The van der Waals surface area contributed by atoms with Crippen molar-refractivity contribution in [1.29, 1.82) is 0 Å². The Balaban J connectivity index is 2.23. The van der Waals surface area contributed by atoms with E-state index in [-0.39, 0.29) is 5.69 Å². The third-order valence-corrected chi connectivity index (χ3v) is 2.54. The summed E-state index contributed by atoms with van der Waals surface area (Å²) in [5.41, 5.74) is -0.311. The molecule has 0 bridgehead atoms. The maximum atomic E-state index is 10.9. The van der Waals surface area contributed by atoms with Crippen molar-refractivity contribution in [1.82, 2.24) is 14.9 Å². The van der Waals surface area contributed by atoms with Crippen LogP contribution in [0.2, 0.25) is 0 Å². The first kappa shape index (κ1) is 12.7. The summed E-state index contributed by atoms with van der Waals surface area (Å²) in [5.74, 6) is 0.736. The summed E-state index contributed by atoms with van der Waals surface area (Å²) in [4.78, 5) is 19.5. The van der Waals surface area contributed by atoms with Gasteiger partial charge in [0.1, 0.15) is 5.82 Å². The fourth-order valence-corrected chi connectivity index (χ4v) is 1.54. The van der Waals surface area contributed by atoms with Crippen LogP contribution in [-0.2, 0) is 0 Å². The maximum Gasteiger partial charge on any atom is 0.346 e. The number of hydrogen-bond donors (Lipinski definition) is 2. The molecule has 0 aliphatic heterocycles. The predicted molar refractivity (Wildman–Crippen MR) is 65.8 cm³/mol. The van der Waals surface area contributed by atoms with Gasteiger partial charge in [-0.3, -0.25) is 4.98 Å². The van der Waals surface area contributed by atoms with Gasteiger partial charge in [0.2, 0.25) is 0 Å². The quantitative estimate of drug-likeness (QED) is 0.676. The lowest BCUT2D eigenvalue weighted by Gasteiger charge is -2.17. The Labute approximate surface area is 95.9 Å². The molecule has 0 radical (unpaired) electrons. The van der Waals surface area contributed by atoms with E-state index in [1.165, 1.54) is 6.20 Å². The Morgan fingerprint density at radius 2 is 2.19 bits per heavy atom. The third-order valence-electron chi connectivity index (χ3n) is 2.54. The van der Waals surface area contributed by atoms with E-state index < -0.39 is 0 Å². The second-order valence-electron chi connectivity index (χ2n) is 3.60. The van der Waals surface area contributed by atoms with E-state index >= 15 is 0 Å². The monoisotopic (exact) mass is 224 g/mol. The van der Waals surface area contributed by atoms with Crippen LogP contribution in [0.4, 0.5) is 5.82 Å². The molecule has 16 heavy (non-hydrogen) atoms. The number of H-pyrrole nitrogens is 1. The minimum atomic E-state index is -0.311. The number of aromatic amines is 1. The SMILES string of the molecule is CCN(CC)CCCNc1ccnc(=O)[nH]1. The Kier molecular flexibility index (Phi) is 5.56. The van der Waals surface area contributed by atoms with Gasteiger partial charge < -0.3 is 10.2 Å². The third kappa shape index (κ3) is 4.44. The van der Waals surface area contributed by atoms with Crippen LogP contribution in [0, 0.1) is 0 Å². The number of nitrogens with zero attached hydrogens (tertiary/aromatic N) is 2. The van der Waals surface area contributed by atoms with E-state index in [4.69, 9.17) is 0 Å². The first-order chi connectivity index (χ1) is 7.76. The van der Waals surface area contributed by atoms with Crippen molar-refractivity contribution in [3.63, 3.8) is 0 Å². The highest BCUT2D eigenvalue weighted by molar-refractivity contribution is 5.31. The van der Waals surface area contributed by atoms with Crippen LogP contribution in [0.3, 0.4) is 0 Å². The van der Waals surface area contributed by atoms with Crippen LogP contribution in [0.15, 0.2) is 17.1 Å². The van der Waals surface area contributed by atoms with Crippen LogP contribution in [0.5, 0.6) is 0 Å². The van der Waals surface area contributed by atoms with Gasteiger partial charge >= 0.3 is 5.69 Å². The van der Waals surface area contributed by atoms with Crippen LogP contribution < -0.4 is 11.0 Å². The van der Waals surface area contributed by atoms with Crippen LogP contribution in [-0.4, -0.2) is 41.0 Å². The Morgan fingerprint density at radius 3 is 2.81 bits per heavy atom. The minimum absolute atomic E-state index is 0.311. The predicted octanol–water partition coefficient (Wildman–Crippen LogP) is 0.914. The van der Waals surface area contributed by atoms with Gasteiger partial charge in [-0.15, -0.1) is 0 Å². The summed E-state index contributed by atoms with van der Waals surface area (Å²) in [6, 6.07) is 1.76. The van der Waals surface area contributed by atoms with Gasteiger partial charge in [0.15, 0.2) is 0 Å². The van der Waals surface area contributed by atoms with E-state index in [9.17, 15) is 4.79 Å². The van der Waals surface area contributed by atoms with Gasteiger partial charge in [-0.1, -0.05) is 13.8 Å². The zero-order valence-electron chi connectivity index (χ0n) is 9.99. The van der Waals surface area contributed by atoms with E-state index in [1.54, 1.807) is 6.07 Å². The summed E-state index contributed by atoms with van der Waals surface area (Å²) in [6.45, 7) is 8.44. The summed E-state index contributed by atoms with van der Waals surface area (Å²) in [5, 5.41) is 3.17. The lowest BCUT2D eigenvalue weighted by atomic mass is 10.3. The minimum Gasteiger partial charge on any atom is -0.371 e. The van der Waals surface area contributed by atoms with Gasteiger partial charge in [0.05, 0.1) is 0 Å². The number of hydrogen-bond acceptors (Lipinski definition) is 4. The molecule has 1 rings (SSSR count). The number of nitrogens with one attached hydrogen (secondary N) is 2. The highest BCUT2D eigenvalue weighted by atomic mass is 16.1. The zero-order chi connectivity index (χ0) is 11.8. The topological polar surface area (TPSA) is 61.0 Å². The molecule has 0 amide bonds. The van der Waals surface area contributed by atoms with Crippen LogP contribution in [0.1, 0.15) is 20.3 Å². The van der Waals surface area contributed by atoms with Crippen LogP contribution in [0.25, 0.3) is 0 Å². The molecule has 0 aliphatic carbocycles. The summed E-state index contributed by atoms with van der Waals surface area (Å²) < 4.78 is 0. The first-order valence-corrected chi connectivity index (χ1v) is 5.77. The normalized spacial score (nSPS) is 10.7. The Morgan fingerprint density at radius 1 is 1.44 bits per heavy atom. The second-order valence-corrected chi connectivity index (χ2v) is 3.60. The van der Waals surface area contributed by atoms with Crippen molar-refractivity contribution >= 4 is 5.82 Å². The molecule has 90 valence electrons. The zero-order valence-corrected chi connectivity index (χ0v) is 9.99. The van der Waals surface area contributed by atoms with Crippen LogP contribution >= 0.6 is 0 Å². The summed E-state index contributed by atoms with van der Waals surface area (Å²) in [6.07, 6.45) is 2.57. The fraction of sp³-hybridized carbons (Fsp3) is 0.636. The molecule has 2 N–H and O–H groups in total. The van der Waals surface area contributed by atoms with E-state index in [0.29, 0.717) is 0 Å². The molecular formula is C11H20N4O. The van der Waals surface area contributed by atoms with Crippen molar-refractivity contribution in [3.05, 3.63) is 22.7 Å². The molecule has 5 heteroatoms. The standard InChI is InChI=1S/C11H20N4O/c1-3-15(4-2)9-5-7-12-10-6-8-13-11(16)14-10/h6,8H,3-5,7,9H2,1-2H3,(H2,12,13,14,16). The lowest BCUT2D eigenvalue weighted by molar-refractivity contribution is 0.303. The molecule has 0 unspecified atom stereocenters. The molecule has 0 saturated heterocycles. The number of rotatable bonds is 7. The van der Waals surface area contributed by atoms with Gasteiger partial charge in [0.25, 0.3) is 0 Å². The van der Waals surface area contributed by atoms with Crippen molar-refractivity contribution in [2.24, 2.45) is 0 Å². The molecule has 0 spiro atoms. The molecule has 0 fully saturated rings. The van der Waals surface area contributed by atoms with Crippen molar-refractivity contribution in [2.75, 3.05) is 31.5 Å². The summed E-state index contributed by atoms with van der Waals surface area (Å²) >= 11 is 0. The maximum absolute atomic E-state index is 10.9. The number of aromatic nitrogens is 2. The Hall–Kier alpha value is -1.36. The molecule has 0 aliphatic rings. The van der Waals surface area contributed by atoms with Gasteiger partial charge in [-0.2, -0.15) is 0 Å². The fourth-order valence-electron chi connectivity index (χ4n) is 1.54. The molecule has 1 heterocycles. The molecule has 0 atom stereocenters. The van der Waals surface area contributed by atoms with E-state index in [2.05, 4.69) is 34.0 Å². The smallest absolute Gasteiger partial charge is 0.346 e. The molecule has 0 aromatic carbocycles.